The van der Waals surface area contributed by atoms with Gasteiger partial charge in [0.15, 0.2) is 0 Å². The average Bonchev–Trinajstić information content (AvgIpc) is 3.71. The molecule has 34 heavy (non-hydrogen) atoms. The fourth-order valence-electron chi connectivity index (χ4n) is 6.00. The molecule has 1 heterocycles. The van der Waals surface area contributed by atoms with E-state index in [1.165, 1.54) is 54.9 Å². The summed E-state index contributed by atoms with van der Waals surface area (Å²) in [5.74, 6) is 2.65. The fraction of sp³-hybridized carbons (Fsp3) is 0.556. The molecule has 2 atom stereocenters. The van der Waals surface area contributed by atoms with Gasteiger partial charge in [0, 0.05) is 45.3 Å². The van der Waals surface area contributed by atoms with Crippen molar-refractivity contribution in [2.45, 2.75) is 49.9 Å². The van der Waals surface area contributed by atoms with Gasteiger partial charge in [0.25, 0.3) is 0 Å². The zero-order chi connectivity index (χ0) is 23.9. The van der Waals surface area contributed by atoms with E-state index in [4.69, 9.17) is 4.74 Å². The lowest BCUT2D eigenvalue weighted by Crippen LogP contribution is -2.45. The summed E-state index contributed by atoms with van der Waals surface area (Å²) in [5.41, 5.74) is 3.43. The number of halogens is 1. The van der Waals surface area contributed by atoms with E-state index < -0.39 is 10.0 Å². The van der Waals surface area contributed by atoms with Gasteiger partial charge >= 0.3 is 0 Å². The molecule has 2 aromatic carbocycles. The quantitative estimate of drug-likeness (QED) is 0.627. The Morgan fingerprint density at radius 2 is 1.62 bits per heavy atom. The van der Waals surface area contributed by atoms with E-state index in [0.29, 0.717) is 5.69 Å². The van der Waals surface area contributed by atoms with Crippen LogP contribution in [0.15, 0.2) is 48.5 Å². The van der Waals surface area contributed by atoms with E-state index in [-0.39, 0.29) is 16.7 Å². The number of anilines is 1. The van der Waals surface area contributed by atoms with Crippen molar-refractivity contribution in [1.82, 2.24) is 4.90 Å². The summed E-state index contributed by atoms with van der Waals surface area (Å²) in [6.45, 7) is 6.08. The Hall–Kier alpha value is -1.96. The molecule has 5 nitrogen and oxygen atoms in total. The maximum absolute atomic E-state index is 12.5. The maximum atomic E-state index is 12.5. The van der Waals surface area contributed by atoms with Gasteiger partial charge < -0.3 is 4.74 Å². The maximum Gasteiger partial charge on any atom is 0.235 e. The number of benzene rings is 2. The highest BCUT2D eigenvalue weighted by Crippen LogP contribution is 2.53. The van der Waals surface area contributed by atoms with Crippen LogP contribution >= 0.6 is 0 Å². The first-order valence-corrected chi connectivity index (χ1v) is 14.0. The molecule has 1 N–H and O–H groups in total. The molecule has 7 heteroatoms. The zero-order valence-corrected chi connectivity index (χ0v) is 20.9. The molecule has 2 unspecified atom stereocenters. The number of ether oxygens (including phenoxy) is 1. The van der Waals surface area contributed by atoms with Crippen molar-refractivity contribution >= 4 is 15.7 Å². The Morgan fingerprint density at radius 1 is 1.03 bits per heavy atom. The van der Waals surface area contributed by atoms with Gasteiger partial charge in [-0.25, -0.2) is 12.8 Å². The molecule has 0 spiro atoms. The van der Waals surface area contributed by atoms with Gasteiger partial charge in [-0.1, -0.05) is 37.6 Å². The predicted octanol–water partition coefficient (Wildman–Crippen LogP) is 4.49. The minimum absolute atomic E-state index is 0.0299. The first kappa shape index (κ1) is 23.8. The van der Waals surface area contributed by atoms with Gasteiger partial charge in [-0.15, -0.1) is 0 Å². The summed E-state index contributed by atoms with van der Waals surface area (Å²) in [5, 5.41) is -0.257. The van der Waals surface area contributed by atoms with Crippen molar-refractivity contribution in [3.8, 4) is 0 Å². The Balaban J connectivity index is 0.000000152. The molecule has 3 aliphatic carbocycles. The van der Waals surface area contributed by atoms with Gasteiger partial charge in [-0.2, -0.15) is 0 Å². The summed E-state index contributed by atoms with van der Waals surface area (Å²) in [4.78, 5) is 2.66. The number of nitrogens with one attached hydrogen (secondary N) is 1. The molecule has 0 radical (unpaired) electrons. The number of hydrogen-bond donors (Lipinski definition) is 1. The second-order valence-electron chi connectivity index (χ2n) is 10.5. The number of sulfonamides is 1. The highest BCUT2D eigenvalue weighted by atomic mass is 32.2. The smallest absolute Gasteiger partial charge is 0.235 e. The van der Waals surface area contributed by atoms with Crippen LogP contribution in [0.1, 0.15) is 37.3 Å². The molecule has 4 aliphatic rings. The van der Waals surface area contributed by atoms with Gasteiger partial charge in [0.05, 0.1) is 10.9 Å². The molecule has 1 aliphatic heterocycles. The molecular formula is C27H35FN2O3S. The van der Waals surface area contributed by atoms with E-state index >= 15 is 0 Å². The van der Waals surface area contributed by atoms with Gasteiger partial charge in [0.2, 0.25) is 10.0 Å². The Kier molecular flexibility index (Phi) is 6.46. The lowest BCUT2D eigenvalue weighted by molar-refractivity contribution is -0.0272. The number of fused-ring (bicyclic) bond motifs is 2. The normalized spacial score (nSPS) is 26.9. The molecule has 1 saturated heterocycles. The van der Waals surface area contributed by atoms with Crippen molar-refractivity contribution in [3.05, 3.63) is 65.5 Å². The van der Waals surface area contributed by atoms with Crippen molar-refractivity contribution < 1.29 is 17.5 Å². The fourth-order valence-corrected chi connectivity index (χ4v) is 7.39. The van der Waals surface area contributed by atoms with Crippen LogP contribution in [-0.2, 0) is 27.6 Å². The molecule has 0 aromatic heterocycles. The predicted molar refractivity (Wildman–Crippen MR) is 133 cm³/mol. The topological polar surface area (TPSA) is 58.6 Å². The van der Waals surface area contributed by atoms with E-state index in [1.54, 1.807) is 0 Å². The third-order valence-corrected chi connectivity index (χ3v) is 9.94. The van der Waals surface area contributed by atoms with Crippen LogP contribution in [0, 0.1) is 23.6 Å². The summed E-state index contributed by atoms with van der Waals surface area (Å²) >= 11 is 0. The summed E-state index contributed by atoms with van der Waals surface area (Å²) in [6, 6.07) is 14.1. The van der Waals surface area contributed by atoms with Crippen molar-refractivity contribution in [3.63, 3.8) is 0 Å². The number of rotatable bonds is 7. The van der Waals surface area contributed by atoms with Gasteiger partial charge in [-0.05, 0) is 66.0 Å². The number of hydrogen-bond acceptors (Lipinski definition) is 4. The first-order valence-electron chi connectivity index (χ1n) is 12.4. The van der Waals surface area contributed by atoms with Crippen LogP contribution in [0.2, 0.25) is 0 Å². The molecule has 6 rings (SSSR count). The Morgan fingerprint density at radius 3 is 2.12 bits per heavy atom. The molecular weight excluding hydrogens is 451 g/mol. The minimum Gasteiger partial charge on any atom is -0.376 e. The second-order valence-corrected chi connectivity index (χ2v) is 12.4. The van der Waals surface area contributed by atoms with Crippen LogP contribution < -0.4 is 4.72 Å². The zero-order valence-electron chi connectivity index (χ0n) is 20.0. The Labute approximate surface area is 202 Å². The summed E-state index contributed by atoms with van der Waals surface area (Å²) in [6.07, 6.45) is 4.99. The first-order chi connectivity index (χ1) is 16.3. The molecule has 184 valence electrons. The molecule has 0 bridgehead atoms. The SMILES string of the molecule is CCC1C2CN(CC3(OC)Cc4ccccc4C3)CC12.O=S(=O)(Nc1ccc(F)cc1)C1CC1. The number of methoxy groups -OCH3 is 1. The second kappa shape index (κ2) is 9.25. The van der Waals surface area contributed by atoms with Crippen LogP contribution in [0.3, 0.4) is 0 Å². The monoisotopic (exact) mass is 486 g/mol. The van der Waals surface area contributed by atoms with Crippen LogP contribution in [0.25, 0.3) is 0 Å². The molecule has 2 saturated carbocycles. The molecule has 3 fully saturated rings. The lowest BCUT2D eigenvalue weighted by atomic mass is 9.99. The van der Waals surface area contributed by atoms with Crippen molar-refractivity contribution in [1.29, 1.82) is 0 Å². The van der Waals surface area contributed by atoms with Gasteiger partial charge in [-0.3, -0.25) is 9.62 Å². The number of nitrogens with zero attached hydrogens (tertiary/aromatic N) is 1. The van der Waals surface area contributed by atoms with Crippen LogP contribution in [0.5, 0.6) is 0 Å². The van der Waals surface area contributed by atoms with Crippen molar-refractivity contribution in [2.24, 2.45) is 17.8 Å². The third kappa shape index (κ3) is 5.02. The highest BCUT2D eigenvalue weighted by Gasteiger charge is 2.55. The number of piperidine rings is 1. The van der Waals surface area contributed by atoms with Crippen LogP contribution in [-0.4, -0.2) is 50.9 Å². The Bertz CT molecular complexity index is 1080. The van der Waals surface area contributed by atoms with E-state index in [0.717, 1.165) is 50.0 Å². The number of likely N-dealkylation sites (tertiary alicyclic amines) is 1. The van der Waals surface area contributed by atoms with E-state index in [9.17, 15) is 12.8 Å². The largest absolute Gasteiger partial charge is 0.376 e. The minimum atomic E-state index is -3.23. The van der Waals surface area contributed by atoms with E-state index in [2.05, 4.69) is 40.8 Å². The van der Waals surface area contributed by atoms with E-state index in [1.807, 2.05) is 7.11 Å². The van der Waals surface area contributed by atoms with Crippen LogP contribution in [0.4, 0.5) is 10.1 Å². The third-order valence-electron chi connectivity index (χ3n) is 8.07. The highest BCUT2D eigenvalue weighted by molar-refractivity contribution is 7.93. The summed E-state index contributed by atoms with van der Waals surface area (Å²) < 4.78 is 43.8. The standard InChI is InChI=1S/C18H25NO.C9H10FNO2S/c1-3-15-16-10-19(11-17(15)16)12-18(20-2)8-13-6-4-5-7-14(13)9-18;10-7-1-3-8(4-2-7)11-14(12,13)9-5-6-9/h4-7,15-17H,3,8-12H2,1-2H3;1-4,9,11H,5-6H2. The molecule has 2 aromatic rings. The lowest BCUT2D eigenvalue weighted by Gasteiger charge is -2.33. The summed E-state index contributed by atoms with van der Waals surface area (Å²) in [7, 11) is -1.33. The van der Waals surface area contributed by atoms with Crippen molar-refractivity contribution in [2.75, 3.05) is 31.5 Å². The average molecular weight is 487 g/mol. The molecule has 0 amide bonds. The van der Waals surface area contributed by atoms with Gasteiger partial charge in [0.1, 0.15) is 5.82 Å².